The zero-order valence-corrected chi connectivity index (χ0v) is 17.7. The standard InChI is InChI=1S/C21H21IN2O3/c1-4-27-21(25)18-12-23-19-10-7-15(22)11-17(19)20(18)24(2)13-14-5-8-16(26-3)9-6-14/h5-12H,4,13H2,1-3H3. The van der Waals surface area contributed by atoms with Crippen LogP contribution in [0.15, 0.2) is 48.7 Å². The minimum absolute atomic E-state index is 0.324. The molecule has 0 N–H and O–H groups in total. The van der Waals surface area contributed by atoms with Gasteiger partial charge in [-0.2, -0.15) is 0 Å². The van der Waals surface area contributed by atoms with Gasteiger partial charge in [0.1, 0.15) is 11.3 Å². The number of nitrogens with zero attached hydrogens (tertiary/aromatic N) is 2. The average molecular weight is 476 g/mol. The summed E-state index contributed by atoms with van der Waals surface area (Å²) in [7, 11) is 3.62. The number of fused-ring (bicyclic) bond motifs is 1. The van der Waals surface area contributed by atoms with Gasteiger partial charge in [-0.05, 0) is 65.4 Å². The molecule has 5 nitrogen and oxygen atoms in total. The number of hydrogen-bond acceptors (Lipinski definition) is 5. The highest BCUT2D eigenvalue weighted by molar-refractivity contribution is 14.1. The second-order valence-corrected chi connectivity index (χ2v) is 7.35. The van der Waals surface area contributed by atoms with Gasteiger partial charge in [-0.25, -0.2) is 4.79 Å². The van der Waals surface area contributed by atoms with Crippen LogP contribution in [0.25, 0.3) is 10.9 Å². The number of carbonyl (C=O) groups is 1. The van der Waals surface area contributed by atoms with Crippen LogP contribution in [0.4, 0.5) is 5.69 Å². The molecule has 0 spiro atoms. The van der Waals surface area contributed by atoms with E-state index in [2.05, 4.69) is 32.5 Å². The van der Waals surface area contributed by atoms with Crippen molar-refractivity contribution >= 4 is 45.2 Å². The Bertz CT molecular complexity index is 958. The molecule has 1 aromatic heterocycles. The lowest BCUT2D eigenvalue weighted by atomic mass is 10.1. The number of methoxy groups -OCH3 is 1. The van der Waals surface area contributed by atoms with Gasteiger partial charge in [-0.1, -0.05) is 12.1 Å². The van der Waals surface area contributed by atoms with Crippen LogP contribution in [0.2, 0.25) is 0 Å². The molecule has 0 radical (unpaired) electrons. The molecule has 27 heavy (non-hydrogen) atoms. The number of halogens is 1. The first kappa shape index (κ1) is 19.4. The summed E-state index contributed by atoms with van der Waals surface area (Å²) >= 11 is 2.27. The number of aromatic nitrogens is 1. The van der Waals surface area contributed by atoms with Gasteiger partial charge in [0.15, 0.2) is 0 Å². The highest BCUT2D eigenvalue weighted by Gasteiger charge is 2.20. The molecule has 0 unspecified atom stereocenters. The smallest absolute Gasteiger partial charge is 0.341 e. The first-order valence-electron chi connectivity index (χ1n) is 8.63. The maximum atomic E-state index is 12.5. The van der Waals surface area contributed by atoms with Crippen molar-refractivity contribution in [2.24, 2.45) is 0 Å². The van der Waals surface area contributed by atoms with Crippen molar-refractivity contribution in [3.8, 4) is 5.75 Å². The number of hydrogen-bond donors (Lipinski definition) is 0. The van der Waals surface area contributed by atoms with Crippen molar-refractivity contribution in [3.63, 3.8) is 0 Å². The topological polar surface area (TPSA) is 51.7 Å². The Kier molecular flexibility index (Phi) is 6.15. The highest BCUT2D eigenvalue weighted by Crippen LogP contribution is 2.32. The average Bonchev–Trinajstić information content (AvgIpc) is 2.67. The second kappa shape index (κ2) is 8.56. The molecule has 2 aromatic carbocycles. The number of rotatable bonds is 6. The number of benzene rings is 2. The fourth-order valence-electron chi connectivity index (χ4n) is 3.00. The minimum Gasteiger partial charge on any atom is -0.497 e. The van der Waals surface area contributed by atoms with Crippen molar-refractivity contribution in [1.82, 2.24) is 4.98 Å². The monoisotopic (exact) mass is 476 g/mol. The van der Waals surface area contributed by atoms with Crippen LogP contribution in [0.1, 0.15) is 22.8 Å². The third kappa shape index (κ3) is 4.32. The number of esters is 1. The highest BCUT2D eigenvalue weighted by atomic mass is 127. The molecule has 0 fully saturated rings. The molecule has 0 amide bonds. The quantitative estimate of drug-likeness (QED) is 0.383. The Morgan fingerprint density at radius 2 is 1.93 bits per heavy atom. The largest absolute Gasteiger partial charge is 0.497 e. The molecule has 0 bridgehead atoms. The summed E-state index contributed by atoms with van der Waals surface area (Å²) in [6.07, 6.45) is 1.60. The first-order chi connectivity index (χ1) is 13.0. The molecule has 0 aliphatic carbocycles. The lowest BCUT2D eigenvalue weighted by Crippen LogP contribution is -2.21. The molecule has 3 aromatic rings. The van der Waals surface area contributed by atoms with Gasteiger partial charge in [0.2, 0.25) is 0 Å². The molecule has 0 aliphatic heterocycles. The molecule has 140 valence electrons. The van der Waals surface area contributed by atoms with Crippen molar-refractivity contribution in [1.29, 1.82) is 0 Å². The maximum Gasteiger partial charge on any atom is 0.341 e. The molecule has 0 saturated heterocycles. The molecule has 0 saturated carbocycles. The summed E-state index contributed by atoms with van der Waals surface area (Å²) in [6, 6.07) is 13.9. The van der Waals surface area contributed by atoms with E-state index < -0.39 is 0 Å². The van der Waals surface area contributed by atoms with Gasteiger partial charge < -0.3 is 14.4 Å². The molecule has 6 heteroatoms. The first-order valence-corrected chi connectivity index (χ1v) is 9.70. The number of pyridine rings is 1. The molecule has 3 rings (SSSR count). The van der Waals surface area contributed by atoms with E-state index in [0.29, 0.717) is 18.7 Å². The molecule has 0 atom stereocenters. The van der Waals surface area contributed by atoms with E-state index in [4.69, 9.17) is 9.47 Å². The van der Waals surface area contributed by atoms with E-state index in [0.717, 1.165) is 31.5 Å². The van der Waals surface area contributed by atoms with Gasteiger partial charge in [-0.15, -0.1) is 0 Å². The molecular weight excluding hydrogens is 455 g/mol. The summed E-state index contributed by atoms with van der Waals surface area (Å²) < 4.78 is 11.6. The van der Waals surface area contributed by atoms with E-state index in [1.54, 1.807) is 20.2 Å². The predicted molar refractivity (Wildman–Crippen MR) is 116 cm³/mol. The minimum atomic E-state index is -0.359. The summed E-state index contributed by atoms with van der Waals surface area (Å²) in [4.78, 5) is 19.0. The van der Waals surface area contributed by atoms with Crippen LogP contribution >= 0.6 is 22.6 Å². The predicted octanol–water partition coefficient (Wildman–Crippen LogP) is 4.66. The van der Waals surface area contributed by atoms with Crippen molar-refractivity contribution in [2.75, 3.05) is 25.7 Å². The van der Waals surface area contributed by atoms with Crippen LogP contribution < -0.4 is 9.64 Å². The van der Waals surface area contributed by atoms with E-state index in [1.807, 2.05) is 49.5 Å². The van der Waals surface area contributed by atoms with E-state index in [9.17, 15) is 4.79 Å². The zero-order valence-electron chi connectivity index (χ0n) is 15.5. The molecule has 1 heterocycles. The van der Waals surface area contributed by atoms with Gasteiger partial charge in [-0.3, -0.25) is 4.98 Å². The summed E-state index contributed by atoms with van der Waals surface area (Å²) in [6.45, 7) is 2.77. The van der Waals surface area contributed by atoms with Gasteiger partial charge in [0.05, 0.1) is 24.9 Å². The van der Waals surface area contributed by atoms with Gasteiger partial charge in [0, 0.05) is 28.7 Å². The molecule has 0 aliphatic rings. The fraction of sp³-hybridized carbons (Fsp3) is 0.238. The Balaban J connectivity index is 2.06. The van der Waals surface area contributed by atoms with E-state index in [-0.39, 0.29) is 5.97 Å². The van der Waals surface area contributed by atoms with Crippen LogP contribution in [0.3, 0.4) is 0 Å². The van der Waals surface area contributed by atoms with Crippen molar-refractivity contribution in [2.45, 2.75) is 13.5 Å². The third-order valence-electron chi connectivity index (χ3n) is 4.26. The fourth-order valence-corrected chi connectivity index (χ4v) is 3.50. The lowest BCUT2D eigenvalue weighted by molar-refractivity contribution is 0.0527. The zero-order chi connectivity index (χ0) is 19.4. The normalized spacial score (nSPS) is 10.7. The summed E-state index contributed by atoms with van der Waals surface area (Å²) in [5, 5.41) is 0.934. The van der Waals surface area contributed by atoms with Gasteiger partial charge in [0.25, 0.3) is 0 Å². The Hall–Kier alpha value is -2.35. The Morgan fingerprint density at radius 1 is 1.19 bits per heavy atom. The Labute approximate surface area is 172 Å². The van der Waals surface area contributed by atoms with Crippen molar-refractivity contribution < 1.29 is 14.3 Å². The lowest BCUT2D eigenvalue weighted by Gasteiger charge is -2.24. The Morgan fingerprint density at radius 3 is 2.59 bits per heavy atom. The maximum absolute atomic E-state index is 12.5. The number of anilines is 1. The molecular formula is C21H21IN2O3. The van der Waals surface area contributed by atoms with E-state index in [1.165, 1.54) is 0 Å². The van der Waals surface area contributed by atoms with Crippen LogP contribution in [0, 0.1) is 3.57 Å². The number of ether oxygens (including phenoxy) is 2. The van der Waals surface area contributed by atoms with E-state index >= 15 is 0 Å². The third-order valence-corrected chi connectivity index (χ3v) is 4.93. The van der Waals surface area contributed by atoms with Crippen LogP contribution in [-0.4, -0.2) is 31.7 Å². The second-order valence-electron chi connectivity index (χ2n) is 6.11. The van der Waals surface area contributed by atoms with Crippen LogP contribution in [0.5, 0.6) is 5.75 Å². The van der Waals surface area contributed by atoms with Crippen molar-refractivity contribution in [3.05, 3.63) is 63.4 Å². The summed E-state index contributed by atoms with van der Waals surface area (Å²) in [5.41, 5.74) is 3.26. The summed E-state index contributed by atoms with van der Waals surface area (Å²) in [5.74, 6) is 0.458. The van der Waals surface area contributed by atoms with Gasteiger partial charge >= 0.3 is 5.97 Å². The SMILES string of the molecule is CCOC(=O)c1cnc2ccc(I)cc2c1N(C)Cc1ccc(OC)cc1. The number of carbonyl (C=O) groups excluding carboxylic acids is 1. The van der Waals surface area contributed by atoms with Crippen LogP contribution in [-0.2, 0) is 11.3 Å².